The first-order valence-electron chi connectivity index (χ1n) is 6.44. The van der Waals surface area contributed by atoms with Crippen molar-refractivity contribution >= 4 is 24.0 Å². The highest BCUT2D eigenvalue weighted by Gasteiger charge is 2.07. The van der Waals surface area contributed by atoms with Crippen molar-refractivity contribution in [3.05, 3.63) is 29.8 Å². The topological polar surface area (TPSA) is 73.6 Å². The molecule has 0 fully saturated rings. The van der Waals surface area contributed by atoms with Crippen molar-refractivity contribution < 1.29 is 14.3 Å². The third kappa shape index (κ3) is 7.45. The van der Waals surface area contributed by atoms with Crippen LogP contribution < -0.4 is 11.1 Å². The van der Waals surface area contributed by atoms with Crippen LogP contribution in [0.25, 0.3) is 0 Å². The van der Waals surface area contributed by atoms with Gasteiger partial charge in [-0.3, -0.25) is 4.79 Å². The van der Waals surface area contributed by atoms with Crippen molar-refractivity contribution in [2.45, 2.75) is 26.5 Å². The van der Waals surface area contributed by atoms with E-state index in [9.17, 15) is 4.79 Å². The summed E-state index contributed by atoms with van der Waals surface area (Å²) < 4.78 is 10.6. The lowest BCUT2D eigenvalue weighted by atomic mass is 10.2. The molecule has 20 heavy (non-hydrogen) atoms. The van der Waals surface area contributed by atoms with Gasteiger partial charge in [-0.1, -0.05) is 12.1 Å². The van der Waals surface area contributed by atoms with E-state index in [1.165, 1.54) is 0 Å². The molecular weight excluding hydrogens is 280 g/mol. The molecule has 0 heterocycles. The highest BCUT2D eigenvalue weighted by Crippen LogP contribution is 2.11. The fourth-order valence-electron chi connectivity index (χ4n) is 1.45. The van der Waals surface area contributed by atoms with Gasteiger partial charge in [0.15, 0.2) is 0 Å². The fraction of sp³-hybridized carbons (Fsp3) is 0.500. The summed E-state index contributed by atoms with van der Waals surface area (Å²) in [6.07, 6.45) is 0. The van der Waals surface area contributed by atoms with E-state index in [1.807, 2.05) is 31.2 Å². The molecule has 0 aliphatic heterocycles. The summed E-state index contributed by atoms with van der Waals surface area (Å²) in [6.45, 7) is 5.94. The van der Waals surface area contributed by atoms with E-state index < -0.39 is 6.04 Å². The van der Waals surface area contributed by atoms with Gasteiger partial charge < -0.3 is 20.5 Å². The van der Waals surface area contributed by atoms with Gasteiger partial charge in [0.25, 0.3) is 0 Å². The van der Waals surface area contributed by atoms with Crippen LogP contribution in [0.1, 0.15) is 19.4 Å². The van der Waals surface area contributed by atoms with Crippen molar-refractivity contribution in [2.75, 3.05) is 25.1 Å². The SMILES string of the molecule is CCOCCOCc1cccc(NC(=O)[C@H](C)N)c1.Cl. The molecule has 1 atom stereocenters. The van der Waals surface area contributed by atoms with Gasteiger partial charge in [-0.2, -0.15) is 0 Å². The number of hydrogen-bond acceptors (Lipinski definition) is 4. The Balaban J connectivity index is 0.00000361. The van der Waals surface area contributed by atoms with Gasteiger partial charge in [-0.25, -0.2) is 0 Å². The predicted octanol–water partition coefficient (Wildman–Crippen LogP) is 1.95. The second-order valence-electron chi connectivity index (χ2n) is 4.23. The molecule has 0 aromatic heterocycles. The van der Waals surface area contributed by atoms with E-state index in [-0.39, 0.29) is 18.3 Å². The quantitative estimate of drug-likeness (QED) is 0.720. The molecule has 0 saturated heterocycles. The summed E-state index contributed by atoms with van der Waals surface area (Å²) in [7, 11) is 0. The summed E-state index contributed by atoms with van der Waals surface area (Å²) >= 11 is 0. The number of rotatable bonds is 8. The summed E-state index contributed by atoms with van der Waals surface area (Å²) in [4.78, 5) is 11.5. The van der Waals surface area contributed by atoms with Gasteiger partial charge in [0, 0.05) is 12.3 Å². The number of nitrogens with one attached hydrogen (secondary N) is 1. The predicted molar refractivity (Wildman–Crippen MR) is 82.1 cm³/mol. The van der Waals surface area contributed by atoms with Crippen molar-refractivity contribution in [1.82, 2.24) is 0 Å². The van der Waals surface area contributed by atoms with E-state index in [0.29, 0.717) is 26.4 Å². The number of carbonyl (C=O) groups excluding carboxylic acids is 1. The Bertz CT molecular complexity index is 400. The molecule has 0 spiro atoms. The smallest absolute Gasteiger partial charge is 0.240 e. The zero-order chi connectivity index (χ0) is 14.1. The third-order valence-corrected chi connectivity index (χ3v) is 2.45. The number of halogens is 1. The lowest BCUT2D eigenvalue weighted by Gasteiger charge is -2.09. The van der Waals surface area contributed by atoms with Crippen LogP contribution in [0.3, 0.4) is 0 Å². The number of nitrogens with two attached hydrogens (primary N) is 1. The Kier molecular flexibility index (Phi) is 10.0. The molecule has 5 nitrogen and oxygen atoms in total. The first-order valence-corrected chi connectivity index (χ1v) is 6.44. The number of ether oxygens (including phenoxy) is 2. The lowest BCUT2D eigenvalue weighted by molar-refractivity contribution is -0.117. The highest BCUT2D eigenvalue weighted by molar-refractivity contribution is 5.94. The first-order chi connectivity index (χ1) is 9.13. The van der Waals surface area contributed by atoms with E-state index in [1.54, 1.807) is 6.92 Å². The van der Waals surface area contributed by atoms with E-state index in [2.05, 4.69) is 5.32 Å². The second-order valence-corrected chi connectivity index (χ2v) is 4.23. The standard InChI is InChI=1S/C14H22N2O3.ClH/c1-3-18-7-8-19-10-12-5-4-6-13(9-12)16-14(17)11(2)15;/h4-6,9,11H,3,7-8,10,15H2,1-2H3,(H,16,17);1H/t11-;/m0./s1. The van der Waals surface area contributed by atoms with Crippen molar-refractivity contribution in [2.24, 2.45) is 5.73 Å². The molecule has 6 heteroatoms. The van der Waals surface area contributed by atoms with E-state index in [0.717, 1.165) is 11.3 Å². The van der Waals surface area contributed by atoms with Gasteiger partial charge in [-0.05, 0) is 31.5 Å². The summed E-state index contributed by atoms with van der Waals surface area (Å²) in [5, 5.41) is 2.75. The molecule has 1 amide bonds. The van der Waals surface area contributed by atoms with Crippen LogP contribution in [0, 0.1) is 0 Å². The monoisotopic (exact) mass is 302 g/mol. The number of amides is 1. The van der Waals surface area contributed by atoms with Crippen molar-refractivity contribution in [3.8, 4) is 0 Å². The number of hydrogen-bond donors (Lipinski definition) is 2. The molecule has 0 radical (unpaired) electrons. The molecule has 0 aliphatic rings. The zero-order valence-electron chi connectivity index (χ0n) is 11.9. The Morgan fingerprint density at radius 2 is 2.05 bits per heavy atom. The molecule has 0 bridgehead atoms. The van der Waals surface area contributed by atoms with Crippen LogP contribution in [-0.4, -0.2) is 31.8 Å². The van der Waals surface area contributed by atoms with Crippen LogP contribution >= 0.6 is 12.4 Å². The van der Waals surface area contributed by atoms with Crippen LogP contribution in [0.15, 0.2) is 24.3 Å². The normalized spacial score (nSPS) is 11.6. The molecule has 0 unspecified atom stereocenters. The molecule has 0 saturated carbocycles. The van der Waals surface area contributed by atoms with Crippen LogP contribution in [0.4, 0.5) is 5.69 Å². The molecular formula is C14H23ClN2O3. The summed E-state index contributed by atoms with van der Waals surface area (Å²) in [5.41, 5.74) is 7.23. The Morgan fingerprint density at radius 3 is 2.70 bits per heavy atom. The molecule has 3 N–H and O–H groups in total. The minimum Gasteiger partial charge on any atom is -0.379 e. The molecule has 114 valence electrons. The van der Waals surface area contributed by atoms with Gasteiger partial charge in [-0.15, -0.1) is 12.4 Å². The lowest BCUT2D eigenvalue weighted by Crippen LogP contribution is -2.32. The van der Waals surface area contributed by atoms with Gasteiger partial charge >= 0.3 is 0 Å². The third-order valence-electron chi connectivity index (χ3n) is 2.45. The van der Waals surface area contributed by atoms with Gasteiger partial charge in [0.05, 0.1) is 25.9 Å². The van der Waals surface area contributed by atoms with Crippen molar-refractivity contribution in [1.29, 1.82) is 0 Å². The molecule has 1 rings (SSSR count). The zero-order valence-corrected chi connectivity index (χ0v) is 12.7. The highest BCUT2D eigenvalue weighted by atomic mass is 35.5. The maximum absolute atomic E-state index is 11.5. The van der Waals surface area contributed by atoms with Crippen LogP contribution in [0.5, 0.6) is 0 Å². The maximum atomic E-state index is 11.5. The second kappa shape index (κ2) is 10.6. The van der Waals surface area contributed by atoms with E-state index in [4.69, 9.17) is 15.2 Å². The van der Waals surface area contributed by atoms with Gasteiger partial charge in [0.2, 0.25) is 5.91 Å². The first kappa shape index (κ1) is 18.9. The molecule has 1 aromatic carbocycles. The minimum absolute atomic E-state index is 0. The van der Waals surface area contributed by atoms with Crippen LogP contribution in [0.2, 0.25) is 0 Å². The van der Waals surface area contributed by atoms with Crippen molar-refractivity contribution in [3.63, 3.8) is 0 Å². The maximum Gasteiger partial charge on any atom is 0.240 e. The molecule has 0 aliphatic carbocycles. The number of benzene rings is 1. The van der Waals surface area contributed by atoms with E-state index >= 15 is 0 Å². The summed E-state index contributed by atoms with van der Waals surface area (Å²) in [5.74, 6) is -0.200. The fourth-order valence-corrected chi connectivity index (χ4v) is 1.45. The largest absolute Gasteiger partial charge is 0.379 e. The number of carbonyl (C=O) groups is 1. The Hall–Kier alpha value is -1.14. The average molecular weight is 303 g/mol. The minimum atomic E-state index is -0.522. The average Bonchev–Trinajstić information content (AvgIpc) is 2.39. The summed E-state index contributed by atoms with van der Waals surface area (Å²) in [6, 6.07) is 7.00. The van der Waals surface area contributed by atoms with Crippen LogP contribution in [-0.2, 0) is 20.9 Å². The Labute approximate surface area is 126 Å². The van der Waals surface area contributed by atoms with Gasteiger partial charge in [0.1, 0.15) is 0 Å². The Morgan fingerprint density at radius 1 is 1.35 bits per heavy atom. The molecule has 1 aromatic rings. The number of anilines is 1.